The molecule has 0 amide bonds. The van der Waals surface area contributed by atoms with Crippen molar-refractivity contribution in [3.05, 3.63) is 39.4 Å². The summed E-state index contributed by atoms with van der Waals surface area (Å²) in [5, 5.41) is 19.2. The normalized spacial score (nSPS) is 9.93. The van der Waals surface area contributed by atoms with E-state index >= 15 is 0 Å². The third-order valence-electron chi connectivity index (χ3n) is 1.87. The highest BCUT2D eigenvalue weighted by molar-refractivity contribution is 5.92. The molecular weight excluding hydrogens is 205 g/mol. The van der Waals surface area contributed by atoms with Crippen LogP contribution >= 0.6 is 0 Å². The van der Waals surface area contributed by atoms with Crippen LogP contribution < -0.4 is 0 Å². The average Bonchev–Trinajstić information content (AvgIpc) is 2.17. The summed E-state index contributed by atoms with van der Waals surface area (Å²) in [6.07, 6.45) is 0.0424. The third kappa shape index (κ3) is 2.49. The van der Waals surface area contributed by atoms with Gasteiger partial charge in [-0.3, -0.25) is 14.5 Å². The fraction of sp³-hybridized carbons (Fsp3) is 0.222. The van der Waals surface area contributed by atoms with Crippen LogP contribution in [0.2, 0.25) is 0 Å². The topological polar surface area (TPSA) is 80.4 Å². The van der Waals surface area contributed by atoms with E-state index in [1.807, 2.05) is 0 Å². The largest absolute Gasteiger partial charge is 0.477 e. The van der Waals surface area contributed by atoms with Crippen LogP contribution in [0.15, 0.2) is 18.2 Å². The number of benzene rings is 1. The number of alkyl halides is 1. The first-order valence-electron chi connectivity index (χ1n) is 4.13. The highest BCUT2D eigenvalue weighted by Gasteiger charge is 2.19. The Labute approximate surface area is 84.3 Å². The van der Waals surface area contributed by atoms with Gasteiger partial charge in [-0.25, -0.2) is 4.79 Å². The van der Waals surface area contributed by atoms with Gasteiger partial charge in [0.1, 0.15) is 5.56 Å². The number of nitrogens with zero attached hydrogens (tertiary/aromatic N) is 1. The van der Waals surface area contributed by atoms with Crippen LogP contribution in [0, 0.1) is 10.1 Å². The molecule has 0 unspecified atom stereocenters. The van der Waals surface area contributed by atoms with Gasteiger partial charge in [0, 0.05) is 12.5 Å². The highest BCUT2D eigenvalue weighted by atomic mass is 19.1. The van der Waals surface area contributed by atoms with Crippen molar-refractivity contribution in [1.82, 2.24) is 0 Å². The van der Waals surface area contributed by atoms with E-state index < -0.39 is 23.3 Å². The van der Waals surface area contributed by atoms with E-state index in [0.29, 0.717) is 5.56 Å². The van der Waals surface area contributed by atoms with Gasteiger partial charge in [0.15, 0.2) is 0 Å². The maximum atomic E-state index is 12.0. The van der Waals surface area contributed by atoms with Crippen molar-refractivity contribution in [2.45, 2.75) is 6.42 Å². The smallest absolute Gasteiger partial charge is 0.342 e. The van der Waals surface area contributed by atoms with E-state index in [9.17, 15) is 19.3 Å². The monoisotopic (exact) mass is 213 g/mol. The zero-order valence-electron chi connectivity index (χ0n) is 7.64. The quantitative estimate of drug-likeness (QED) is 0.610. The van der Waals surface area contributed by atoms with Crippen LogP contribution in [0.25, 0.3) is 0 Å². The Bertz CT molecular complexity index is 405. The van der Waals surface area contributed by atoms with Crippen molar-refractivity contribution < 1.29 is 19.2 Å². The van der Waals surface area contributed by atoms with E-state index in [-0.39, 0.29) is 12.0 Å². The molecule has 0 spiro atoms. The maximum absolute atomic E-state index is 12.0. The van der Waals surface area contributed by atoms with Crippen LogP contribution in [0.1, 0.15) is 15.9 Å². The van der Waals surface area contributed by atoms with Crippen molar-refractivity contribution in [3.63, 3.8) is 0 Å². The van der Waals surface area contributed by atoms with Crippen LogP contribution in [0.4, 0.5) is 10.1 Å². The molecule has 0 aromatic heterocycles. The lowest BCUT2D eigenvalue weighted by atomic mass is 10.1. The standard InChI is InChI=1S/C9H8FNO4/c10-4-3-6-1-2-7(9(12)13)8(5-6)11(14)15/h1-2,5H,3-4H2,(H,12,13). The van der Waals surface area contributed by atoms with Gasteiger partial charge in [-0.15, -0.1) is 0 Å². The van der Waals surface area contributed by atoms with E-state index in [2.05, 4.69) is 0 Å². The predicted octanol–water partition coefficient (Wildman–Crippen LogP) is 1.80. The zero-order chi connectivity index (χ0) is 11.4. The molecule has 1 N–H and O–H groups in total. The number of rotatable bonds is 4. The second-order valence-electron chi connectivity index (χ2n) is 2.85. The lowest BCUT2D eigenvalue weighted by Crippen LogP contribution is -2.03. The van der Waals surface area contributed by atoms with Gasteiger partial charge in [0.25, 0.3) is 5.69 Å². The van der Waals surface area contributed by atoms with E-state index in [1.165, 1.54) is 6.07 Å². The number of aromatic carboxylic acids is 1. The SMILES string of the molecule is O=C(O)c1ccc(CCF)cc1[N+](=O)[O-]. The molecule has 6 heteroatoms. The molecule has 0 aliphatic carbocycles. The number of carboxylic acids is 1. The molecule has 5 nitrogen and oxygen atoms in total. The Morgan fingerprint density at radius 3 is 2.67 bits per heavy atom. The van der Waals surface area contributed by atoms with Crippen molar-refractivity contribution in [1.29, 1.82) is 0 Å². The van der Waals surface area contributed by atoms with Crippen molar-refractivity contribution in [2.24, 2.45) is 0 Å². The molecule has 0 aliphatic rings. The molecule has 15 heavy (non-hydrogen) atoms. The molecule has 0 fully saturated rings. The summed E-state index contributed by atoms with van der Waals surface area (Å²) >= 11 is 0. The van der Waals surface area contributed by atoms with Crippen LogP contribution in [0.5, 0.6) is 0 Å². The molecule has 0 aliphatic heterocycles. The minimum Gasteiger partial charge on any atom is -0.477 e. The average molecular weight is 213 g/mol. The van der Waals surface area contributed by atoms with Gasteiger partial charge in [-0.1, -0.05) is 6.07 Å². The highest BCUT2D eigenvalue weighted by Crippen LogP contribution is 2.20. The lowest BCUT2D eigenvalue weighted by molar-refractivity contribution is -0.385. The van der Waals surface area contributed by atoms with E-state index in [0.717, 1.165) is 12.1 Å². The summed E-state index contributed by atoms with van der Waals surface area (Å²) in [6.45, 7) is -0.635. The Kier molecular flexibility index (Phi) is 3.33. The van der Waals surface area contributed by atoms with Gasteiger partial charge >= 0.3 is 5.97 Å². The molecule has 0 radical (unpaired) electrons. The number of aryl methyl sites for hydroxylation is 1. The van der Waals surface area contributed by atoms with Gasteiger partial charge in [-0.2, -0.15) is 0 Å². The zero-order valence-corrected chi connectivity index (χ0v) is 7.64. The van der Waals surface area contributed by atoms with Crippen molar-refractivity contribution >= 4 is 11.7 Å². The number of carbonyl (C=O) groups is 1. The fourth-order valence-electron chi connectivity index (χ4n) is 1.17. The maximum Gasteiger partial charge on any atom is 0.342 e. The molecule has 1 aromatic rings. The van der Waals surface area contributed by atoms with E-state index in [4.69, 9.17) is 5.11 Å². The Morgan fingerprint density at radius 1 is 1.53 bits per heavy atom. The minimum atomic E-state index is -1.37. The predicted molar refractivity (Wildman–Crippen MR) is 49.7 cm³/mol. The summed E-state index contributed by atoms with van der Waals surface area (Å²) < 4.78 is 12.0. The van der Waals surface area contributed by atoms with Gasteiger partial charge in [0.05, 0.1) is 11.6 Å². The number of nitro benzene ring substituents is 1. The fourth-order valence-corrected chi connectivity index (χ4v) is 1.17. The molecule has 80 valence electrons. The van der Waals surface area contributed by atoms with Crippen LogP contribution in [-0.4, -0.2) is 22.7 Å². The molecule has 0 saturated heterocycles. The van der Waals surface area contributed by atoms with Gasteiger partial charge < -0.3 is 5.11 Å². The number of hydrogen-bond donors (Lipinski definition) is 1. The number of halogens is 1. The van der Waals surface area contributed by atoms with Crippen molar-refractivity contribution in [2.75, 3.05) is 6.67 Å². The van der Waals surface area contributed by atoms with Gasteiger partial charge in [0.2, 0.25) is 0 Å². The Morgan fingerprint density at radius 2 is 2.20 bits per heavy atom. The van der Waals surface area contributed by atoms with Crippen LogP contribution in [0.3, 0.4) is 0 Å². The summed E-state index contributed by atoms with van der Waals surface area (Å²) in [5.41, 5.74) is -0.481. The molecule has 0 heterocycles. The van der Waals surface area contributed by atoms with E-state index in [1.54, 1.807) is 0 Å². The molecular formula is C9H8FNO4. The second-order valence-corrected chi connectivity index (χ2v) is 2.85. The number of hydrogen-bond acceptors (Lipinski definition) is 3. The van der Waals surface area contributed by atoms with Crippen LogP contribution in [-0.2, 0) is 6.42 Å². The molecule has 0 saturated carbocycles. The summed E-state index contributed by atoms with van der Waals surface area (Å²) in [5.74, 6) is -1.37. The first-order chi connectivity index (χ1) is 7.06. The summed E-state index contributed by atoms with van der Waals surface area (Å²) in [6, 6.07) is 3.57. The number of carboxylic acid groups (broad SMARTS) is 1. The lowest BCUT2D eigenvalue weighted by Gasteiger charge is -2.00. The summed E-state index contributed by atoms with van der Waals surface area (Å²) in [7, 11) is 0. The Hall–Kier alpha value is -1.98. The van der Waals surface area contributed by atoms with Crippen molar-refractivity contribution in [3.8, 4) is 0 Å². The molecule has 1 rings (SSSR count). The molecule has 0 bridgehead atoms. The molecule has 1 aromatic carbocycles. The van der Waals surface area contributed by atoms with Gasteiger partial charge in [-0.05, 0) is 11.6 Å². The molecule has 0 atom stereocenters. The minimum absolute atomic E-state index is 0.0424. The number of nitro groups is 1. The second kappa shape index (κ2) is 4.50. The third-order valence-corrected chi connectivity index (χ3v) is 1.87. The Balaban J connectivity index is 3.21. The summed E-state index contributed by atoms with van der Waals surface area (Å²) in [4.78, 5) is 20.4. The first kappa shape index (κ1) is 11.1. The first-order valence-corrected chi connectivity index (χ1v) is 4.13.